The van der Waals surface area contributed by atoms with Gasteiger partial charge in [0.1, 0.15) is 6.61 Å². The van der Waals surface area contributed by atoms with Crippen LogP contribution in [0.25, 0.3) is 0 Å². The number of benzene rings is 1. The minimum atomic E-state index is 0.544. The summed E-state index contributed by atoms with van der Waals surface area (Å²) in [6.45, 7) is 3.34. The van der Waals surface area contributed by atoms with E-state index in [0.717, 1.165) is 12.2 Å². The standard InChI is InChI=1S/C13H17N3O/c1-10-7-13(16-15-10)17-9-12-6-4-3-5-11(12)8-14-2/h3-7,14H,8-9H2,1-2H3,(H,15,16). The van der Waals surface area contributed by atoms with E-state index in [2.05, 4.69) is 27.6 Å². The summed E-state index contributed by atoms with van der Waals surface area (Å²) in [4.78, 5) is 0. The highest BCUT2D eigenvalue weighted by atomic mass is 16.5. The zero-order valence-electron chi connectivity index (χ0n) is 10.2. The number of aromatic nitrogens is 2. The molecule has 0 aliphatic rings. The van der Waals surface area contributed by atoms with E-state index in [0.29, 0.717) is 12.5 Å². The molecule has 0 radical (unpaired) electrons. The number of ether oxygens (including phenoxy) is 1. The smallest absolute Gasteiger partial charge is 0.233 e. The molecule has 0 amide bonds. The van der Waals surface area contributed by atoms with Gasteiger partial charge in [-0.2, -0.15) is 0 Å². The van der Waals surface area contributed by atoms with Crippen molar-refractivity contribution in [2.24, 2.45) is 0 Å². The first kappa shape index (κ1) is 11.7. The third-order valence-electron chi connectivity index (χ3n) is 2.54. The molecule has 2 rings (SSSR count). The van der Waals surface area contributed by atoms with Crippen LogP contribution in [0.5, 0.6) is 5.88 Å². The molecule has 4 nitrogen and oxygen atoms in total. The van der Waals surface area contributed by atoms with Crippen LogP contribution in [0.4, 0.5) is 0 Å². The van der Waals surface area contributed by atoms with Crippen molar-refractivity contribution in [1.82, 2.24) is 15.5 Å². The predicted octanol–water partition coefficient (Wildman–Crippen LogP) is 2.02. The summed E-state index contributed by atoms with van der Waals surface area (Å²) in [5.41, 5.74) is 3.44. The van der Waals surface area contributed by atoms with Crippen molar-refractivity contribution >= 4 is 0 Å². The van der Waals surface area contributed by atoms with E-state index >= 15 is 0 Å². The molecule has 1 aromatic heterocycles. The van der Waals surface area contributed by atoms with Crippen LogP contribution in [0.3, 0.4) is 0 Å². The Hall–Kier alpha value is -1.81. The van der Waals surface area contributed by atoms with Crippen LogP contribution in [-0.2, 0) is 13.2 Å². The van der Waals surface area contributed by atoms with Crippen molar-refractivity contribution in [3.63, 3.8) is 0 Å². The molecule has 17 heavy (non-hydrogen) atoms. The van der Waals surface area contributed by atoms with Gasteiger partial charge in [-0.1, -0.05) is 24.3 Å². The van der Waals surface area contributed by atoms with Gasteiger partial charge in [-0.25, -0.2) is 0 Å². The van der Waals surface area contributed by atoms with Gasteiger partial charge in [0.15, 0.2) is 0 Å². The van der Waals surface area contributed by atoms with Crippen molar-refractivity contribution in [3.05, 3.63) is 47.2 Å². The number of hydrogen-bond donors (Lipinski definition) is 2. The summed E-state index contributed by atoms with van der Waals surface area (Å²) in [7, 11) is 1.94. The first-order valence-electron chi connectivity index (χ1n) is 5.66. The fourth-order valence-corrected chi connectivity index (χ4v) is 1.68. The van der Waals surface area contributed by atoms with Crippen LogP contribution >= 0.6 is 0 Å². The van der Waals surface area contributed by atoms with Gasteiger partial charge < -0.3 is 10.1 Å². The Morgan fingerprint density at radius 1 is 1.29 bits per heavy atom. The molecule has 0 atom stereocenters. The first-order chi connectivity index (χ1) is 8.29. The zero-order valence-corrected chi connectivity index (χ0v) is 10.2. The summed E-state index contributed by atoms with van der Waals surface area (Å²) < 4.78 is 5.63. The maximum atomic E-state index is 5.63. The molecule has 0 saturated heterocycles. The van der Waals surface area contributed by atoms with Gasteiger partial charge in [-0.15, -0.1) is 5.10 Å². The molecule has 0 spiro atoms. The van der Waals surface area contributed by atoms with E-state index in [1.807, 2.05) is 32.2 Å². The van der Waals surface area contributed by atoms with Crippen molar-refractivity contribution in [2.45, 2.75) is 20.1 Å². The normalized spacial score (nSPS) is 10.5. The molecule has 2 aromatic rings. The maximum Gasteiger partial charge on any atom is 0.233 e. The molecular weight excluding hydrogens is 214 g/mol. The van der Waals surface area contributed by atoms with Crippen LogP contribution < -0.4 is 10.1 Å². The van der Waals surface area contributed by atoms with Gasteiger partial charge in [0.2, 0.25) is 5.88 Å². The quantitative estimate of drug-likeness (QED) is 0.827. The number of aryl methyl sites for hydroxylation is 1. The minimum Gasteiger partial charge on any atom is -0.472 e. The number of aromatic amines is 1. The number of H-pyrrole nitrogens is 1. The molecule has 0 bridgehead atoms. The first-order valence-corrected chi connectivity index (χ1v) is 5.66. The Morgan fingerprint density at radius 2 is 2.06 bits per heavy atom. The van der Waals surface area contributed by atoms with Crippen molar-refractivity contribution in [2.75, 3.05) is 7.05 Å². The van der Waals surface area contributed by atoms with Crippen LogP contribution in [0.1, 0.15) is 16.8 Å². The molecule has 0 fully saturated rings. The molecule has 1 heterocycles. The lowest BCUT2D eigenvalue weighted by Gasteiger charge is -2.09. The fourth-order valence-electron chi connectivity index (χ4n) is 1.68. The molecule has 0 unspecified atom stereocenters. The second-order valence-corrected chi connectivity index (χ2v) is 3.98. The topological polar surface area (TPSA) is 49.9 Å². The van der Waals surface area contributed by atoms with Gasteiger partial charge >= 0.3 is 0 Å². The molecule has 0 saturated carbocycles. The molecular formula is C13H17N3O. The number of rotatable bonds is 5. The summed E-state index contributed by atoms with van der Waals surface area (Å²) in [6.07, 6.45) is 0. The van der Waals surface area contributed by atoms with E-state index in [4.69, 9.17) is 4.74 Å². The van der Waals surface area contributed by atoms with Gasteiger partial charge in [0.25, 0.3) is 0 Å². The summed E-state index contributed by atoms with van der Waals surface area (Å²) in [5.74, 6) is 0.641. The molecule has 2 N–H and O–H groups in total. The van der Waals surface area contributed by atoms with Gasteiger partial charge in [-0.3, -0.25) is 5.10 Å². The monoisotopic (exact) mass is 231 g/mol. The molecule has 90 valence electrons. The second-order valence-electron chi connectivity index (χ2n) is 3.98. The summed E-state index contributed by atoms with van der Waals surface area (Å²) >= 11 is 0. The highest BCUT2D eigenvalue weighted by Crippen LogP contribution is 2.13. The Labute approximate surface area is 101 Å². The Morgan fingerprint density at radius 3 is 2.71 bits per heavy atom. The van der Waals surface area contributed by atoms with Crippen molar-refractivity contribution in [1.29, 1.82) is 0 Å². The second kappa shape index (κ2) is 5.50. The average Bonchev–Trinajstić information content (AvgIpc) is 2.74. The average molecular weight is 231 g/mol. The lowest BCUT2D eigenvalue weighted by atomic mass is 10.1. The predicted molar refractivity (Wildman–Crippen MR) is 66.9 cm³/mol. The lowest BCUT2D eigenvalue weighted by Crippen LogP contribution is -2.09. The molecule has 0 aliphatic carbocycles. The van der Waals surface area contributed by atoms with E-state index < -0.39 is 0 Å². The highest BCUT2D eigenvalue weighted by Gasteiger charge is 2.03. The summed E-state index contributed by atoms with van der Waals surface area (Å²) in [5, 5.41) is 10.1. The van der Waals surface area contributed by atoms with E-state index in [1.165, 1.54) is 11.1 Å². The van der Waals surface area contributed by atoms with E-state index in [9.17, 15) is 0 Å². The maximum absolute atomic E-state index is 5.63. The lowest BCUT2D eigenvalue weighted by molar-refractivity contribution is 0.292. The van der Waals surface area contributed by atoms with Gasteiger partial charge in [-0.05, 0) is 25.1 Å². The third-order valence-corrected chi connectivity index (χ3v) is 2.54. The summed E-state index contributed by atoms with van der Waals surface area (Å²) in [6, 6.07) is 10.1. The largest absolute Gasteiger partial charge is 0.472 e. The molecule has 0 aliphatic heterocycles. The van der Waals surface area contributed by atoms with Crippen LogP contribution in [-0.4, -0.2) is 17.2 Å². The van der Waals surface area contributed by atoms with Crippen LogP contribution in [0.15, 0.2) is 30.3 Å². The molecule has 1 aromatic carbocycles. The van der Waals surface area contributed by atoms with E-state index in [1.54, 1.807) is 0 Å². The molecule has 4 heteroatoms. The Bertz CT molecular complexity index is 479. The SMILES string of the molecule is CNCc1ccccc1COc1cc(C)[nH]n1. The number of nitrogens with zero attached hydrogens (tertiary/aromatic N) is 1. The zero-order chi connectivity index (χ0) is 12.1. The minimum absolute atomic E-state index is 0.544. The fraction of sp³-hybridized carbons (Fsp3) is 0.308. The van der Waals surface area contributed by atoms with Crippen LogP contribution in [0, 0.1) is 6.92 Å². The Balaban J connectivity index is 2.03. The van der Waals surface area contributed by atoms with Crippen molar-refractivity contribution < 1.29 is 4.74 Å². The number of nitrogens with one attached hydrogen (secondary N) is 2. The van der Waals surface area contributed by atoms with Crippen molar-refractivity contribution in [3.8, 4) is 5.88 Å². The Kier molecular flexibility index (Phi) is 3.77. The van der Waals surface area contributed by atoms with Gasteiger partial charge in [0, 0.05) is 18.3 Å². The number of hydrogen-bond acceptors (Lipinski definition) is 3. The van der Waals surface area contributed by atoms with E-state index in [-0.39, 0.29) is 0 Å². The highest BCUT2D eigenvalue weighted by molar-refractivity contribution is 5.27. The van der Waals surface area contributed by atoms with Crippen LogP contribution in [0.2, 0.25) is 0 Å². The van der Waals surface area contributed by atoms with Gasteiger partial charge in [0.05, 0.1) is 0 Å². The third kappa shape index (κ3) is 3.07.